The van der Waals surface area contributed by atoms with Crippen molar-refractivity contribution in [2.24, 2.45) is 9.98 Å². The number of nitrogens with zero attached hydrogens (tertiary/aromatic N) is 4. The van der Waals surface area contributed by atoms with Crippen molar-refractivity contribution < 1.29 is 9.47 Å². The highest BCUT2D eigenvalue weighted by Crippen LogP contribution is 2.35. The van der Waals surface area contributed by atoms with Gasteiger partial charge in [0.25, 0.3) is 0 Å². The fraction of sp³-hybridized carbons (Fsp3) is 0.429. The van der Waals surface area contributed by atoms with Crippen LogP contribution in [-0.2, 0) is 0 Å². The van der Waals surface area contributed by atoms with Crippen LogP contribution in [0.2, 0.25) is 0 Å². The molecule has 0 radical (unpaired) electrons. The molecule has 0 spiro atoms. The number of hydrogen-bond donors (Lipinski definition) is 1. The van der Waals surface area contributed by atoms with E-state index in [1.165, 1.54) is 0 Å². The van der Waals surface area contributed by atoms with E-state index in [0.29, 0.717) is 0 Å². The SMILES string of the molecule is CC1N=C(N(C)C)NC(N(C)c2ccc3c(c2)OCO3)=N1. The maximum Gasteiger partial charge on any atom is 0.231 e. The van der Waals surface area contributed by atoms with Crippen molar-refractivity contribution in [2.45, 2.75) is 13.1 Å². The Balaban J connectivity index is 1.83. The monoisotopic (exact) mass is 289 g/mol. The summed E-state index contributed by atoms with van der Waals surface area (Å²) in [6.45, 7) is 2.23. The third-order valence-electron chi connectivity index (χ3n) is 3.33. The molecule has 0 aromatic heterocycles. The lowest BCUT2D eigenvalue weighted by Gasteiger charge is -2.29. The molecule has 21 heavy (non-hydrogen) atoms. The standard InChI is InChI=1S/C14H19N5O2/c1-9-15-13(18(2)3)17-14(16-9)19(4)10-5-6-11-12(7-10)21-8-20-11/h5-7,9H,8H2,1-4H3,(H,15,16,17). The molecule has 0 amide bonds. The second-order valence-corrected chi connectivity index (χ2v) is 5.15. The second-order valence-electron chi connectivity index (χ2n) is 5.15. The van der Waals surface area contributed by atoms with Gasteiger partial charge in [-0.15, -0.1) is 0 Å². The average Bonchev–Trinajstić information content (AvgIpc) is 2.93. The molecular weight excluding hydrogens is 270 g/mol. The quantitative estimate of drug-likeness (QED) is 0.838. The van der Waals surface area contributed by atoms with Gasteiger partial charge in [-0.25, -0.2) is 9.98 Å². The van der Waals surface area contributed by atoms with Gasteiger partial charge in [0.1, 0.15) is 6.17 Å². The van der Waals surface area contributed by atoms with Gasteiger partial charge >= 0.3 is 0 Å². The molecule has 0 saturated heterocycles. The summed E-state index contributed by atoms with van der Waals surface area (Å²) in [5.41, 5.74) is 0.970. The number of benzene rings is 1. The predicted octanol–water partition coefficient (Wildman–Crippen LogP) is 1.07. The van der Waals surface area contributed by atoms with E-state index < -0.39 is 0 Å². The zero-order valence-electron chi connectivity index (χ0n) is 12.6. The largest absolute Gasteiger partial charge is 0.454 e. The number of guanidine groups is 2. The third kappa shape index (κ3) is 2.58. The number of nitrogens with one attached hydrogen (secondary N) is 1. The molecule has 2 heterocycles. The molecule has 0 saturated carbocycles. The summed E-state index contributed by atoms with van der Waals surface area (Å²) >= 11 is 0. The topological polar surface area (TPSA) is 61.7 Å². The first-order chi connectivity index (χ1) is 10.0. The molecule has 0 aliphatic carbocycles. The molecule has 0 fully saturated rings. The van der Waals surface area contributed by atoms with E-state index in [1.807, 2.05) is 56.1 Å². The summed E-state index contributed by atoms with van der Waals surface area (Å²) in [5.74, 6) is 3.07. The lowest BCUT2D eigenvalue weighted by molar-refractivity contribution is 0.174. The minimum atomic E-state index is -0.116. The summed E-state index contributed by atoms with van der Waals surface area (Å²) < 4.78 is 10.7. The normalized spacial score (nSPS) is 19.5. The first-order valence-corrected chi connectivity index (χ1v) is 6.78. The summed E-state index contributed by atoms with van der Waals surface area (Å²) in [7, 11) is 5.85. The van der Waals surface area contributed by atoms with Crippen molar-refractivity contribution in [2.75, 3.05) is 32.8 Å². The summed E-state index contributed by atoms with van der Waals surface area (Å²) in [5, 5.41) is 3.23. The fourth-order valence-electron chi connectivity index (χ4n) is 2.16. The Morgan fingerprint density at radius 3 is 2.57 bits per heavy atom. The lowest BCUT2D eigenvalue weighted by Crippen LogP contribution is -2.50. The van der Waals surface area contributed by atoms with E-state index in [9.17, 15) is 0 Å². The van der Waals surface area contributed by atoms with Gasteiger partial charge in [-0.2, -0.15) is 0 Å². The van der Waals surface area contributed by atoms with Gasteiger partial charge in [0.15, 0.2) is 11.5 Å². The van der Waals surface area contributed by atoms with Crippen LogP contribution < -0.4 is 19.7 Å². The Morgan fingerprint density at radius 2 is 1.81 bits per heavy atom. The molecule has 2 aliphatic rings. The first-order valence-electron chi connectivity index (χ1n) is 6.78. The summed E-state index contributed by atoms with van der Waals surface area (Å²) in [4.78, 5) is 12.9. The van der Waals surface area contributed by atoms with Crippen LogP contribution in [0.1, 0.15) is 6.92 Å². The fourth-order valence-corrected chi connectivity index (χ4v) is 2.16. The number of ether oxygens (including phenoxy) is 2. The summed E-state index contributed by atoms with van der Waals surface area (Å²) in [6.07, 6.45) is -0.116. The molecule has 112 valence electrons. The minimum Gasteiger partial charge on any atom is -0.454 e. The Bertz CT molecular complexity index is 611. The van der Waals surface area contributed by atoms with Crippen molar-refractivity contribution >= 4 is 17.6 Å². The molecule has 0 bridgehead atoms. The van der Waals surface area contributed by atoms with Crippen molar-refractivity contribution in [1.29, 1.82) is 0 Å². The number of anilines is 1. The smallest absolute Gasteiger partial charge is 0.231 e. The molecular formula is C14H19N5O2. The zero-order valence-corrected chi connectivity index (χ0v) is 12.6. The van der Waals surface area contributed by atoms with Crippen LogP contribution in [0.15, 0.2) is 28.2 Å². The Hall–Kier alpha value is -2.44. The molecule has 7 heteroatoms. The van der Waals surface area contributed by atoms with E-state index in [0.717, 1.165) is 29.1 Å². The van der Waals surface area contributed by atoms with Gasteiger partial charge in [-0.3, -0.25) is 5.32 Å². The second kappa shape index (κ2) is 5.16. The molecule has 2 aliphatic heterocycles. The van der Waals surface area contributed by atoms with Gasteiger partial charge in [0.2, 0.25) is 18.7 Å². The highest BCUT2D eigenvalue weighted by Gasteiger charge is 2.21. The van der Waals surface area contributed by atoms with Crippen LogP contribution in [0, 0.1) is 0 Å². The highest BCUT2D eigenvalue weighted by molar-refractivity contribution is 6.07. The minimum absolute atomic E-state index is 0.116. The zero-order chi connectivity index (χ0) is 15.0. The lowest BCUT2D eigenvalue weighted by atomic mass is 10.2. The van der Waals surface area contributed by atoms with Crippen LogP contribution in [0.25, 0.3) is 0 Å². The van der Waals surface area contributed by atoms with Gasteiger partial charge < -0.3 is 19.3 Å². The van der Waals surface area contributed by atoms with Crippen molar-refractivity contribution in [1.82, 2.24) is 10.2 Å². The third-order valence-corrected chi connectivity index (χ3v) is 3.33. The van der Waals surface area contributed by atoms with Gasteiger partial charge in [0, 0.05) is 32.9 Å². The maximum atomic E-state index is 5.42. The van der Waals surface area contributed by atoms with E-state index in [-0.39, 0.29) is 13.0 Å². The molecule has 1 aromatic rings. The molecule has 1 atom stereocenters. The number of fused-ring (bicyclic) bond motifs is 1. The average molecular weight is 289 g/mol. The number of rotatable bonds is 1. The maximum absolute atomic E-state index is 5.42. The van der Waals surface area contributed by atoms with Crippen LogP contribution in [0.4, 0.5) is 5.69 Å². The number of aliphatic imine (C=N–C) groups is 2. The van der Waals surface area contributed by atoms with E-state index in [4.69, 9.17) is 9.47 Å². The summed E-state index contributed by atoms with van der Waals surface area (Å²) in [6, 6.07) is 5.82. The molecule has 7 nitrogen and oxygen atoms in total. The van der Waals surface area contributed by atoms with Crippen LogP contribution in [0.5, 0.6) is 11.5 Å². The van der Waals surface area contributed by atoms with E-state index in [1.54, 1.807) is 0 Å². The van der Waals surface area contributed by atoms with E-state index >= 15 is 0 Å². The predicted molar refractivity (Wildman–Crippen MR) is 82.1 cm³/mol. The Kier molecular flexibility index (Phi) is 3.32. The van der Waals surface area contributed by atoms with Crippen LogP contribution in [-0.4, -0.2) is 50.9 Å². The Morgan fingerprint density at radius 1 is 1.10 bits per heavy atom. The van der Waals surface area contributed by atoms with Crippen molar-refractivity contribution in [3.63, 3.8) is 0 Å². The van der Waals surface area contributed by atoms with Crippen molar-refractivity contribution in [3.8, 4) is 11.5 Å². The molecule has 3 rings (SSSR count). The van der Waals surface area contributed by atoms with Crippen molar-refractivity contribution in [3.05, 3.63) is 18.2 Å². The molecule has 1 unspecified atom stereocenters. The van der Waals surface area contributed by atoms with Gasteiger partial charge in [-0.1, -0.05) is 0 Å². The van der Waals surface area contributed by atoms with Crippen LogP contribution in [0.3, 0.4) is 0 Å². The Labute approximate surface area is 123 Å². The van der Waals surface area contributed by atoms with Gasteiger partial charge in [-0.05, 0) is 19.1 Å². The number of hydrogen-bond acceptors (Lipinski definition) is 7. The van der Waals surface area contributed by atoms with Gasteiger partial charge in [0.05, 0.1) is 0 Å². The highest BCUT2D eigenvalue weighted by atomic mass is 16.7. The first kappa shape index (κ1) is 13.5. The van der Waals surface area contributed by atoms with Crippen LogP contribution >= 0.6 is 0 Å². The molecule has 1 N–H and O–H groups in total. The van der Waals surface area contributed by atoms with E-state index in [2.05, 4.69) is 15.3 Å². The molecule has 1 aromatic carbocycles.